The minimum atomic E-state index is -0.465. The van der Waals surface area contributed by atoms with Crippen LogP contribution in [0.1, 0.15) is 24.0 Å². The number of hydrogen-bond donors (Lipinski definition) is 1. The highest BCUT2D eigenvalue weighted by molar-refractivity contribution is 6.30. The van der Waals surface area contributed by atoms with E-state index in [4.69, 9.17) is 17.3 Å². The monoisotopic (exact) mass is 276 g/mol. The average Bonchev–Trinajstić information content (AvgIpc) is 2.39. The fraction of sp³-hybridized carbons (Fsp3) is 0.143. The summed E-state index contributed by atoms with van der Waals surface area (Å²) in [6.07, 6.45) is 0. The summed E-state index contributed by atoms with van der Waals surface area (Å²) in [6, 6.07) is 12.3. The van der Waals surface area contributed by atoms with E-state index in [9.17, 15) is 10.1 Å². The van der Waals surface area contributed by atoms with E-state index in [0.29, 0.717) is 5.02 Å². The van der Waals surface area contributed by atoms with Crippen LogP contribution >= 0.6 is 11.6 Å². The average molecular weight is 277 g/mol. The van der Waals surface area contributed by atoms with Crippen molar-refractivity contribution in [1.29, 1.82) is 0 Å². The summed E-state index contributed by atoms with van der Waals surface area (Å²) >= 11 is 5.84. The number of nitrogen functional groups attached to an aromatic ring is 1. The van der Waals surface area contributed by atoms with Crippen LogP contribution in [0.3, 0.4) is 0 Å². The number of nitrogens with zero attached hydrogens (tertiary/aromatic N) is 1. The number of anilines is 1. The molecule has 0 bridgehead atoms. The van der Waals surface area contributed by atoms with Crippen LogP contribution in [0.15, 0.2) is 42.5 Å². The molecule has 5 heteroatoms. The fourth-order valence-electron chi connectivity index (χ4n) is 1.93. The van der Waals surface area contributed by atoms with Gasteiger partial charge in [0.05, 0.1) is 4.92 Å². The van der Waals surface area contributed by atoms with E-state index in [1.807, 2.05) is 25.1 Å². The molecule has 0 saturated heterocycles. The quantitative estimate of drug-likeness (QED) is 0.524. The Morgan fingerprint density at radius 1 is 1.16 bits per heavy atom. The van der Waals surface area contributed by atoms with Crippen LogP contribution in [0.5, 0.6) is 0 Å². The summed E-state index contributed by atoms with van der Waals surface area (Å²) < 4.78 is 0. The first-order chi connectivity index (χ1) is 8.99. The van der Waals surface area contributed by atoms with Crippen molar-refractivity contribution in [1.82, 2.24) is 0 Å². The number of halogens is 1. The van der Waals surface area contributed by atoms with E-state index < -0.39 is 4.92 Å². The van der Waals surface area contributed by atoms with E-state index in [2.05, 4.69) is 0 Å². The maximum absolute atomic E-state index is 10.9. The molecule has 1 atom stereocenters. The van der Waals surface area contributed by atoms with Gasteiger partial charge in [-0.3, -0.25) is 10.1 Å². The molecule has 0 aliphatic carbocycles. The van der Waals surface area contributed by atoms with Gasteiger partial charge in [-0.15, -0.1) is 0 Å². The number of nitrogens with two attached hydrogens (primary N) is 1. The number of nitro groups is 1. The van der Waals surface area contributed by atoms with Crippen molar-refractivity contribution in [2.75, 3.05) is 5.73 Å². The molecule has 98 valence electrons. The van der Waals surface area contributed by atoms with Gasteiger partial charge in [0.2, 0.25) is 0 Å². The van der Waals surface area contributed by atoms with Crippen molar-refractivity contribution < 1.29 is 4.92 Å². The second kappa shape index (κ2) is 5.28. The van der Waals surface area contributed by atoms with Crippen molar-refractivity contribution in [3.63, 3.8) is 0 Å². The summed E-state index contributed by atoms with van der Waals surface area (Å²) in [6.45, 7) is 1.98. The summed E-state index contributed by atoms with van der Waals surface area (Å²) in [5.41, 5.74) is 7.61. The molecular weight excluding hydrogens is 264 g/mol. The van der Waals surface area contributed by atoms with Crippen molar-refractivity contribution >= 4 is 23.0 Å². The zero-order valence-corrected chi connectivity index (χ0v) is 11.1. The van der Waals surface area contributed by atoms with Gasteiger partial charge in [0, 0.05) is 17.0 Å². The molecule has 4 nitrogen and oxygen atoms in total. The molecule has 2 aromatic carbocycles. The van der Waals surface area contributed by atoms with Crippen molar-refractivity contribution in [2.45, 2.75) is 12.8 Å². The van der Waals surface area contributed by atoms with Gasteiger partial charge in [0.25, 0.3) is 5.69 Å². The summed E-state index contributed by atoms with van der Waals surface area (Å²) in [5, 5.41) is 11.6. The van der Waals surface area contributed by atoms with E-state index in [1.165, 1.54) is 6.07 Å². The standard InChI is InChI=1S/C14H13ClN2O2/c1-9(10-2-5-12(15)6-3-10)11-4-7-13(16)14(8-11)17(18)19/h2-9H,16H2,1H3. The van der Waals surface area contributed by atoms with E-state index in [-0.39, 0.29) is 17.3 Å². The zero-order valence-electron chi connectivity index (χ0n) is 10.3. The lowest BCUT2D eigenvalue weighted by Gasteiger charge is -2.13. The Balaban J connectivity index is 2.38. The topological polar surface area (TPSA) is 69.2 Å². The number of nitro benzene ring substituents is 1. The molecule has 0 aromatic heterocycles. The highest BCUT2D eigenvalue weighted by Gasteiger charge is 2.16. The summed E-state index contributed by atoms with van der Waals surface area (Å²) in [4.78, 5) is 10.4. The normalized spacial score (nSPS) is 12.1. The predicted molar refractivity (Wildman–Crippen MR) is 76.5 cm³/mol. The number of hydrogen-bond acceptors (Lipinski definition) is 3. The minimum absolute atomic E-state index is 0.0385. The van der Waals surface area contributed by atoms with Crippen LogP contribution < -0.4 is 5.73 Å². The maximum Gasteiger partial charge on any atom is 0.292 e. The molecule has 0 saturated carbocycles. The van der Waals surface area contributed by atoms with E-state index in [1.54, 1.807) is 18.2 Å². The molecule has 0 spiro atoms. The van der Waals surface area contributed by atoms with Crippen LogP contribution in [0, 0.1) is 10.1 Å². The number of rotatable bonds is 3. The molecule has 2 rings (SSSR count). The largest absolute Gasteiger partial charge is 0.393 e. The molecule has 2 aromatic rings. The van der Waals surface area contributed by atoms with E-state index in [0.717, 1.165) is 11.1 Å². The third-order valence-corrected chi connectivity index (χ3v) is 3.37. The van der Waals surface area contributed by atoms with Crippen LogP contribution in [-0.4, -0.2) is 4.92 Å². The molecule has 0 aliphatic rings. The highest BCUT2D eigenvalue weighted by Crippen LogP contribution is 2.30. The lowest BCUT2D eigenvalue weighted by molar-refractivity contribution is -0.384. The predicted octanol–water partition coefficient (Wildman–Crippen LogP) is 3.98. The number of benzene rings is 2. The van der Waals surface area contributed by atoms with Gasteiger partial charge in [-0.05, 0) is 29.3 Å². The molecule has 19 heavy (non-hydrogen) atoms. The Morgan fingerprint density at radius 3 is 2.32 bits per heavy atom. The van der Waals surface area contributed by atoms with Gasteiger partial charge in [-0.2, -0.15) is 0 Å². The van der Waals surface area contributed by atoms with Crippen molar-refractivity contribution in [3.8, 4) is 0 Å². The molecule has 0 heterocycles. The second-order valence-corrected chi connectivity index (χ2v) is 4.79. The van der Waals surface area contributed by atoms with Gasteiger partial charge in [0.1, 0.15) is 5.69 Å². The minimum Gasteiger partial charge on any atom is -0.393 e. The summed E-state index contributed by atoms with van der Waals surface area (Å²) in [7, 11) is 0. The second-order valence-electron chi connectivity index (χ2n) is 4.35. The van der Waals surface area contributed by atoms with Crippen molar-refractivity contribution in [3.05, 3.63) is 68.7 Å². The Kier molecular flexibility index (Phi) is 3.71. The fourth-order valence-corrected chi connectivity index (χ4v) is 2.06. The van der Waals surface area contributed by atoms with Gasteiger partial charge >= 0.3 is 0 Å². The molecule has 0 aliphatic heterocycles. The maximum atomic E-state index is 10.9. The first kappa shape index (κ1) is 13.4. The van der Waals surface area contributed by atoms with Gasteiger partial charge in [-0.1, -0.05) is 36.7 Å². The first-order valence-electron chi connectivity index (χ1n) is 5.78. The smallest absolute Gasteiger partial charge is 0.292 e. The zero-order chi connectivity index (χ0) is 14.0. The van der Waals surface area contributed by atoms with Gasteiger partial charge < -0.3 is 5.73 Å². The Hall–Kier alpha value is -2.07. The van der Waals surface area contributed by atoms with Crippen LogP contribution in [-0.2, 0) is 0 Å². The van der Waals surface area contributed by atoms with Crippen LogP contribution in [0.4, 0.5) is 11.4 Å². The molecule has 0 fully saturated rings. The third-order valence-electron chi connectivity index (χ3n) is 3.12. The third kappa shape index (κ3) is 2.85. The van der Waals surface area contributed by atoms with E-state index >= 15 is 0 Å². The Morgan fingerprint density at radius 2 is 1.74 bits per heavy atom. The Labute approximate surface area is 116 Å². The molecule has 1 unspecified atom stereocenters. The molecule has 0 radical (unpaired) electrons. The van der Waals surface area contributed by atoms with Crippen molar-refractivity contribution in [2.24, 2.45) is 0 Å². The lowest BCUT2D eigenvalue weighted by atomic mass is 9.93. The van der Waals surface area contributed by atoms with Gasteiger partial charge in [0.15, 0.2) is 0 Å². The highest BCUT2D eigenvalue weighted by atomic mass is 35.5. The summed E-state index contributed by atoms with van der Waals surface area (Å²) in [5.74, 6) is 0.0385. The van der Waals surface area contributed by atoms with Gasteiger partial charge in [-0.25, -0.2) is 0 Å². The SMILES string of the molecule is CC(c1ccc(Cl)cc1)c1ccc(N)c([N+](=O)[O-])c1. The Bertz CT molecular complexity index is 611. The van der Waals surface area contributed by atoms with Crippen LogP contribution in [0.25, 0.3) is 0 Å². The molecular formula is C14H13ClN2O2. The van der Waals surface area contributed by atoms with Crippen LogP contribution in [0.2, 0.25) is 5.02 Å². The lowest BCUT2D eigenvalue weighted by Crippen LogP contribution is -2.00. The molecule has 0 amide bonds. The first-order valence-corrected chi connectivity index (χ1v) is 6.16. The molecule has 2 N–H and O–H groups in total.